The Kier molecular flexibility index (Phi) is 16.7. The number of hydrogen-bond donors (Lipinski definition) is 3. The predicted molar refractivity (Wildman–Crippen MR) is 117 cm³/mol. The first-order valence-electron chi connectivity index (χ1n) is 12.1. The van der Waals surface area contributed by atoms with Crippen LogP contribution in [0.25, 0.3) is 0 Å². The zero-order valence-corrected chi connectivity index (χ0v) is 18.8. The van der Waals surface area contributed by atoms with Crippen LogP contribution in [0.5, 0.6) is 0 Å². The largest absolute Gasteiger partial charge is 0.343 e. The molecular weight excluding hydrogens is 336 g/mol. The van der Waals surface area contributed by atoms with Crippen molar-refractivity contribution in [3.8, 4) is 0 Å². The average Bonchev–Trinajstić information content (AvgIpc) is 2.62. The van der Waals surface area contributed by atoms with Crippen LogP contribution >= 0.6 is 0 Å². The van der Waals surface area contributed by atoms with Crippen LogP contribution in [-0.4, -0.2) is 21.3 Å². The monoisotopic (exact) mass is 386 g/mol. The van der Waals surface area contributed by atoms with Crippen molar-refractivity contribution in [2.24, 2.45) is 5.41 Å². The minimum absolute atomic E-state index is 0.723. The van der Waals surface area contributed by atoms with Crippen molar-refractivity contribution < 1.29 is 15.3 Å². The second-order valence-corrected chi connectivity index (χ2v) is 8.76. The molecule has 0 fully saturated rings. The molecule has 0 aromatic carbocycles. The Balaban J connectivity index is 4.66. The molecule has 0 radical (unpaired) electrons. The third kappa shape index (κ3) is 12.9. The van der Waals surface area contributed by atoms with Gasteiger partial charge in [0.2, 0.25) is 0 Å². The molecule has 0 aromatic heterocycles. The van der Waals surface area contributed by atoms with E-state index in [9.17, 15) is 15.3 Å². The van der Waals surface area contributed by atoms with E-state index in [0.717, 1.165) is 57.8 Å². The van der Waals surface area contributed by atoms with Gasteiger partial charge in [-0.3, -0.25) is 0 Å². The van der Waals surface area contributed by atoms with E-state index in [4.69, 9.17) is 0 Å². The summed E-state index contributed by atoms with van der Waals surface area (Å²) >= 11 is 0. The summed E-state index contributed by atoms with van der Waals surface area (Å²) in [6.07, 6.45) is 20.8. The van der Waals surface area contributed by atoms with Gasteiger partial charge in [0, 0.05) is 0 Å². The van der Waals surface area contributed by atoms with Crippen LogP contribution in [0.2, 0.25) is 0 Å². The summed E-state index contributed by atoms with van der Waals surface area (Å²) in [5.41, 5.74) is -0.754. The Morgan fingerprint density at radius 3 is 0.963 bits per heavy atom. The fraction of sp³-hybridized carbons (Fsp3) is 1.00. The molecule has 0 saturated heterocycles. The molecule has 0 aliphatic rings. The molecule has 0 spiro atoms. The maximum absolute atomic E-state index is 10.3. The lowest BCUT2D eigenvalue weighted by molar-refractivity contribution is -0.380. The molecule has 0 saturated carbocycles. The Labute approximate surface area is 170 Å². The van der Waals surface area contributed by atoms with Crippen LogP contribution in [0, 0.1) is 5.41 Å². The highest BCUT2D eigenvalue weighted by Gasteiger charge is 2.46. The topological polar surface area (TPSA) is 60.7 Å². The average molecular weight is 387 g/mol. The van der Waals surface area contributed by atoms with E-state index in [2.05, 4.69) is 20.8 Å². The van der Waals surface area contributed by atoms with Crippen molar-refractivity contribution >= 4 is 0 Å². The Hall–Kier alpha value is -0.120. The molecule has 27 heavy (non-hydrogen) atoms. The van der Waals surface area contributed by atoms with Crippen LogP contribution in [0.3, 0.4) is 0 Å². The van der Waals surface area contributed by atoms with Gasteiger partial charge in [-0.05, 0) is 19.3 Å². The molecular formula is C24H50O3. The highest BCUT2D eigenvalue weighted by molar-refractivity contribution is 4.86. The zero-order valence-electron chi connectivity index (χ0n) is 18.8. The summed E-state index contributed by atoms with van der Waals surface area (Å²) in [7, 11) is 0. The van der Waals surface area contributed by atoms with Gasteiger partial charge in [0.05, 0.1) is 5.41 Å². The van der Waals surface area contributed by atoms with Gasteiger partial charge in [-0.15, -0.1) is 0 Å². The van der Waals surface area contributed by atoms with Crippen molar-refractivity contribution in [3.63, 3.8) is 0 Å². The van der Waals surface area contributed by atoms with E-state index in [1.807, 2.05) is 0 Å². The number of aliphatic hydroxyl groups is 3. The summed E-state index contributed by atoms with van der Waals surface area (Å²) in [4.78, 5) is 0. The lowest BCUT2D eigenvalue weighted by atomic mass is 9.71. The minimum Gasteiger partial charge on any atom is -0.343 e. The van der Waals surface area contributed by atoms with Crippen molar-refractivity contribution in [1.82, 2.24) is 0 Å². The van der Waals surface area contributed by atoms with Crippen LogP contribution in [0.1, 0.15) is 143 Å². The lowest BCUT2D eigenvalue weighted by Gasteiger charge is -2.41. The maximum Gasteiger partial charge on any atom is 0.281 e. The van der Waals surface area contributed by atoms with E-state index in [1.54, 1.807) is 0 Å². The second kappa shape index (κ2) is 16.8. The first-order valence-corrected chi connectivity index (χ1v) is 12.1. The summed E-state index contributed by atoms with van der Waals surface area (Å²) in [6.45, 7) is 6.63. The van der Waals surface area contributed by atoms with Gasteiger partial charge in [0.1, 0.15) is 0 Å². The third-order valence-electron chi connectivity index (χ3n) is 6.24. The molecule has 0 aromatic rings. The fourth-order valence-corrected chi connectivity index (χ4v) is 4.26. The third-order valence-corrected chi connectivity index (χ3v) is 6.24. The van der Waals surface area contributed by atoms with E-state index in [-0.39, 0.29) is 0 Å². The summed E-state index contributed by atoms with van der Waals surface area (Å²) in [5.74, 6) is -2.55. The van der Waals surface area contributed by atoms with Crippen LogP contribution in [0.15, 0.2) is 0 Å². The molecule has 3 nitrogen and oxygen atoms in total. The van der Waals surface area contributed by atoms with Gasteiger partial charge in [-0.1, -0.05) is 124 Å². The van der Waals surface area contributed by atoms with Gasteiger partial charge in [-0.25, -0.2) is 0 Å². The number of rotatable bonds is 20. The first-order chi connectivity index (χ1) is 12.9. The summed E-state index contributed by atoms with van der Waals surface area (Å²) < 4.78 is 0. The molecule has 0 amide bonds. The molecule has 0 heterocycles. The fourth-order valence-electron chi connectivity index (χ4n) is 4.26. The summed E-state index contributed by atoms with van der Waals surface area (Å²) in [6, 6.07) is 0. The number of unbranched alkanes of at least 4 members (excludes halogenated alkanes) is 13. The molecule has 0 rings (SSSR count). The molecule has 0 unspecified atom stereocenters. The van der Waals surface area contributed by atoms with Gasteiger partial charge >= 0.3 is 0 Å². The maximum atomic E-state index is 10.3. The quantitative estimate of drug-likeness (QED) is 0.155. The molecule has 0 aliphatic carbocycles. The molecule has 3 N–H and O–H groups in total. The van der Waals surface area contributed by atoms with E-state index >= 15 is 0 Å². The van der Waals surface area contributed by atoms with E-state index in [0.29, 0.717) is 0 Å². The highest BCUT2D eigenvalue weighted by atomic mass is 16.7. The normalized spacial score (nSPS) is 12.7. The minimum atomic E-state index is -2.55. The van der Waals surface area contributed by atoms with Gasteiger partial charge in [0.25, 0.3) is 5.97 Å². The van der Waals surface area contributed by atoms with Crippen LogP contribution in [-0.2, 0) is 0 Å². The Morgan fingerprint density at radius 1 is 0.407 bits per heavy atom. The second-order valence-electron chi connectivity index (χ2n) is 8.76. The molecule has 164 valence electrons. The SMILES string of the molecule is CCCCCCCCC(CCCCCC)(CCCCCCCC)C(O)(O)O. The predicted octanol–water partition coefficient (Wildman–Crippen LogP) is 7.08. The molecule has 0 bridgehead atoms. The van der Waals surface area contributed by atoms with Crippen molar-refractivity contribution in [2.45, 2.75) is 149 Å². The van der Waals surface area contributed by atoms with E-state index in [1.165, 1.54) is 64.2 Å². The van der Waals surface area contributed by atoms with Crippen molar-refractivity contribution in [1.29, 1.82) is 0 Å². The van der Waals surface area contributed by atoms with Gasteiger partial charge < -0.3 is 15.3 Å². The number of hydrogen-bond acceptors (Lipinski definition) is 3. The lowest BCUT2D eigenvalue weighted by Crippen LogP contribution is -2.48. The Morgan fingerprint density at radius 2 is 0.667 bits per heavy atom. The van der Waals surface area contributed by atoms with Crippen LogP contribution < -0.4 is 0 Å². The molecule has 0 atom stereocenters. The zero-order chi connectivity index (χ0) is 20.4. The standard InChI is InChI=1S/C24H50O3/c1-4-7-10-13-15-18-21-23(24(25,26)27,20-17-12-9-6-3)22-19-16-14-11-8-5-2/h25-27H,4-22H2,1-3H3. The van der Waals surface area contributed by atoms with Gasteiger partial charge in [-0.2, -0.15) is 0 Å². The first kappa shape index (κ1) is 26.9. The highest BCUT2D eigenvalue weighted by Crippen LogP contribution is 2.44. The van der Waals surface area contributed by atoms with E-state index < -0.39 is 11.4 Å². The van der Waals surface area contributed by atoms with Crippen LogP contribution in [0.4, 0.5) is 0 Å². The van der Waals surface area contributed by atoms with Crippen molar-refractivity contribution in [2.75, 3.05) is 0 Å². The summed E-state index contributed by atoms with van der Waals surface area (Å²) in [5, 5.41) is 30.8. The smallest absolute Gasteiger partial charge is 0.281 e. The Bertz CT molecular complexity index is 293. The van der Waals surface area contributed by atoms with Gasteiger partial charge in [0.15, 0.2) is 0 Å². The molecule has 3 heteroatoms. The van der Waals surface area contributed by atoms with Crippen molar-refractivity contribution in [3.05, 3.63) is 0 Å². The molecule has 0 aliphatic heterocycles.